The van der Waals surface area contributed by atoms with Crippen molar-refractivity contribution in [2.24, 2.45) is 0 Å². The molecule has 0 radical (unpaired) electrons. The fraction of sp³-hybridized carbons (Fsp3) is 0.278. The van der Waals surface area contributed by atoms with Crippen molar-refractivity contribution < 1.29 is 17.6 Å². The van der Waals surface area contributed by atoms with E-state index in [1.54, 1.807) is 24.5 Å². The molecule has 1 aromatic carbocycles. The number of methoxy groups -OCH3 is 1. The van der Waals surface area contributed by atoms with E-state index in [2.05, 4.69) is 9.71 Å². The van der Waals surface area contributed by atoms with Crippen molar-refractivity contribution in [2.45, 2.75) is 32.2 Å². The van der Waals surface area contributed by atoms with Gasteiger partial charge in [0.25, 0.3) is 0 Å². The Bertz CT molecular complexity index is 1020. The number of sulfonamides is 1. The first-order chi connectivity index (χ1) is 12.3. The van der Waals surface area contributed by atoms with E-state index in [1.807, 2.05) is 26.8 Å². The molecule has 0 amide bonds. The van der Waals surface area contributed by atoms with E-state index < -0.39 is 10.0 Å². The second-order valence-electron chi connectivity index (χ2n) is 5.92. The van der Waals surface area contributed by atoms with Crippen LogP contribution in [0.15, 0.2) is 39.8 Å². The first-order valence-electron chi connectivity index (χ1n) is 7.97. The quantitative estimate of drug-likeness (QED) is 0.690. The van der Waals surface area contributed by atoms with Gasteiger partial charge in [0.1, 0.15) is 10.6 Å². The van der Waals surface area contributed by atoms with Crippen molar-refractivity contribution in [1.82, 2.24) is 9.71 Å². The molecule has 0 aliphatic carbocycles. The normalized spacial score (nSPS) is 11.7. The Kier molecular flexibility index (Phi) is 5.17. The summed E-state index contributed by atoms with van der Waals surface area (Å²) in [5.74, 6) is 1.00. The maximum Gasteiger partial charge on any atom is 0.244 e. The summed E-state index contributed by atoms with van der Waals surface area (Å²) in [6, 6.07) is 6.98. The van der Waals surface area contributed by atoms with E-state index in [9.17, 15) is 8.42 Å². The highest BCUT2D eigenvalue weighted by Crippen LogP contribution is 2.30. The predicted molar refractivity (Wildman–Crippen MR) is 101 cm³/mol. The highest BCUT2D eigenvalue weighted by atomic mass is 32.2. The van der Waals surface area contributed by atoms with E-state index in [-0.39, 0.29) is 11.4 Å². The zero-order valence-corrected chi connectivity index (χ0v) is 16.6. The summed E-state index contributed by atoms with van der Waals surface area (Å²) in [6.45, 7) is 5.79. The van der Waals surface area contributed by atoms with E-state index in [4.69, 9.17) is 9.15 Å². The molecule has 1 N–H and O–H groups in total. The summed E-state index contributed by atoms with van der Waals surface area (Å²) in [5, 5.41) is 0.727. The van der Waals surface area contributed by atoms with Gasteiger partial charge < -0.3 is 9.15 Å². The molecule has 3 rings (SSSR count). The van der Waals surface area contributed by atoms with Crippen LogP contribution in [0.4, 0.5) is 0 Å². The molecule has 3 aromatic rings. The molecule has 0 atom stereocenters. The summed E-state index contributed by atoms with van der Waals surface area (Å²) in [6.07, 6.45) is 1.58. The molecule has 0 fully saturated rings. The Morgan fingerprint density at radius 1 is 1.23 bits per heavy atom. The maximum atomic E-state index is 12.8. The van der Waals surface area contributed by atoms with E-state index in [0.29, 0.717) is 11.5 Å². The minimum absolute atomic E-state index is 0.136. The lowest BCUT2D eigenvalue weighted by atomic mass is 10.1. The van der Waals surface area contributed by atoms with Crippen LogP contribution in [0.3, 0.4) is 0 Å². The van der Waals surface area contributed by atoms with Crippen molar-refractivity contribution >= 4 is 21.4 Å². The van der Waals surface area contributed by atoms with Crippen LogP contribution in [0.5, 0.6) is 5.75 Å². The summed E-state index contributed by atoms with van der Waals surface area (Å²) < 4.78 is 38.8. The minimum atomic E-state index is -3.72. The number of thiazole rings is 1. The standard InChI is InChI=1S/C18H20N2O4S2/c1-11-8-15(23-4)17(9-12(11)2)26(21,22)19-10-16-13(3)20-18(25-16)14-6-5-7-24-14/h5-9,19H,10H2,1-4H3. The first kappa shape index (κ1) is 18.6. The van der Waals surface area contributed by atoms with Crippen molar-refractivity contribution in [3.8, 4) is 16.5 Å². The molecule has 0 aliphatic heterocycles. The highest BCUT2D eigenvalue weighted by molar-refractivity contribution is 7.89. The van der Waals surface area contributed by atoms with Crippen LogP contribution in [-0.4, -0.2) is 20.5 Å². The van der Waals surface area contributed by atoms with Gasteiger partial charge in [-0.2, -0.15) is 0 Å². The number of aryl methyl sites for hydroxylation is 3. The zero-order valence-electron chi connectivity index (χ0n) is 15.0. The number of furan rings is 1. The summed E-state index contributed by atoms with van der Waals surface area (Å²) >= 11 is 1.41. The maximum absolute atomic E-state index is 12.8. The molecule has 0 aliphatic rings. The fourth-order valence-electron chi connectivity index (χ4n) is 2.47. The second-order valence-corrected chi connectivity index (χ2v) is 8.74. The summed E-state index contributed by atoms with van der Waals surface area (Å²) in [5.41, 5.74) is 2.64. The Hall–Kier alpha value is -2.16. The molecule has 0 unspecified atom stereocenters. The average Bonchev–Trinajstić information content (AvgIpc) is 3.24. The lowest BCUT2D eigenvalue weighted by molar-refractivity contribution is 0.402. The number of benzene rings is 1. The number of nitrogens with zero attached hydrogens (tertiary/aromatic N) is 1. The van der Waals surface area contributed by atoms with Crippen LogP contribution < -0.4 is 9.46 Å². The lowest BCUT2D eigenvalue weighted by Crippen LogP contribution is -2.24. The van der Waals surface area contributed by atoms with E-state index in [1.165, 1.54) is 18.4 Å². The highest BCUT2D eigenvalue weighted by Gasteiger charge is 2.21. The third-order valence-corrected chi connectivity index (χ3v) is 6.71. The smallest absolute Gasteiger partial charge is 0.244 e. The molecule has 2 heterocycles. The molecule has 138 valence electrons. The third-order valence-electron chi connectivity index (χ3n) is 4.12. The lowest BCUT2D eigenvalue weighted by Gasteiger charge is -2.13. The van der Waals surface area contributed by atoms with E-state index >= 15 is 0 Å². The van der Waals surface area contributed by atoms with Gasteiger partial charge in [-0.15, -0.1) is 11.3 Å². The topological polar surface area (TPSA) is 81.4 Å². The molecule has 6 nitrogen and oxygen atoms in total. The van der Waals surface area contributed by atoms with Crippen LogP contribution in [-0.2, 0) is 16.6 Å². The Morgan fingerprint density at radius 2 is 1.96 bits per heavy atom. The number of aromatic nitrogens is 1. The molecule has 0 saturated heterocycles. The van der Waals surface area contributed by atoms with Crippen molar-refractivity contribution in [3.63, 3.8) is 0 Å². The van der Waals surface area contributed by atoms with Gasteiger partial charge in [0.2, 0.25) is 10.0 Å². The molecule has 0 saturated carbocycles. The first-order valence-corrected chi connectivity index (χ1v) is 10.3. The van der Waals surface area contributed by atoms with Gasteiger partial charge in [-0.3, -0.25) is 0 Å². The van der Waals surface area contributed by atoms with Gasteiger partial charge in [0.15, 0.2) is 10.8 Å². The second kappa shape index (κ2) is 7.22. The number of ether oxygens (including phenoxy) is 1. The van der Waals surface area contributed by atoms with Gasteiger partial charge in [0.05, 0.1) is 19.1 Å². The molecule has 26 heavy (non-hydrogen) atoms. The van der Waals surface area contributed by atoms with E-state index in [0.717, 1.165) is 26.7 Å². The Morgan fingerprint density at radius 3 is 2.62 bits per heavy atom. The number of hydrogen-bond donors (Lipinski definition) is 1. The predicted octanol–water partition coefficient (Wildman–Crippen LogP) is 3.82. The summed E-state index contributed by atoms with van der Waals surface area (Å²) in [7, 11) is -2.26. The third kappa shape index (κ3) is 3.67. The average molecular weight is 393 g/mol. The fourth-order valence-corrected chi connectivity index (χ4v) is 4.76. The molecule has 8 heteroatoms. The molecule has 0 bridgehead atoms. The van der Waals surface area contributed by atoms with Crippen LogP contribution >= 0.6 is 11.3 Å². The SMILES string of the molecule is COc1cc(C)c(C)cc1S(=O)(=O)NCc1sc(-c2ccco2)nc1C. The van der Waals surface area contributed by atoms with Gasteiger partial charge in [-0.1, -0.05) is 0 Å². The minimum Gasteiger partial charge on any atom is -0.495 e. The van der Waals surface area contributed by atoms with Crippen LogP contribution in [0.25, 0.3) is 10.8 Å². The number of nitrogens with one attached hydrogen (secondary N) is 1. The molecular formula is C18H20N2O4S2. The summed E-state index contributed by atoms with van der Waals surface area (Å²) in [4.78, 5) is 5.42. The largest absolute Gasteiger partial charge is 0.495 e. The molecular weight excluding hydrogens is 372 g/mol. The van der Waals surface area contributed by atoms with Crippen molar-refractivity contribution in [3.05, 3.63) is 52.2 Å². The Labute approximate surface area is 156 Å². The molecule has 2 aromatic heterocycles. The number of rotatable bonds is 6. The van der Waals surface area contributed by atoms with Gasteiger partial charge in [-0.25, -0.2) is 18.1 Å². The van der Waals surface area contributed by atoms with Crippen molar-refractivity contribution in [2.75, 3.05) is 7.11 Å². The van der Waals surface area contributed by atoms with Crippen LogP contribution in [0.2, 0.25) is 0 Å². The van der Waals surface area contributed by atoms with Gasteiger partial charge in [-0.05, 0) is 56.2 Å². The zero-order chi connectivity index (χ0) is 18.9. The van der Waals surface area contributed by atoms with Gasteiger partial charge >= 0.3 is 0 Å². The van der Waals surface area contributed by atoms with Gasteiger partial charge in [0, 0.05) is 11.4 Å². The van der Waals surface area contributed by atoms with Crippen LogP contribution in [0.1, 0.15) is 21.7 Å². The van der Waals surface area contributed by atoms with Crippen LogP contribution in [0, 0.1) is 20.8 Å². The monoisotopic (exact) mass is 392 g/mol. The molecule has 0 spiro atoms. The Balaban J connectivity index is 1.85. The van der Waals surface area contributed by atoms with Crippen molar-refractivity contribution in [1.29, 1.82) is 0 Å². The number of hydrogen-bond acceptors (Lipinski definition) is 6.